The molecule has 1 aromatic rings. The molecule has 1 rings (SSSR count). The molecule has 0 aliphatic rings. The van der Waals surface area contributed by atoms with Crippen LogP contribution in [0, 0.1) is 12.8 Å². The number of nitrogens with zero attached hydrogens (tertiary/aromatic N) is 2. The Bertz CT molecular complexity index is 401. The number of aliphatic carboxylic acids is 1. The van der Waals surface area contributed by atoms with Crippen molar-refractivity contribution < 1.29 is 14.3 Å². The number of likely N-dealkylation sites (N-methyl/N-ethyl adjacent to an activating group) is 1. The SMILES string of the molecule is Cc1ncoc1C(C)N(C)C(CC(C)C)C(=O)O. The summed E-state index contributed by atoms with van der Waals surface area (Å²) in [5.41, 5.74) is 0.808. The molecule has 0 aliphatic heterocycles. The third-order valence-electron chi connectivity index (χ3n) is 3.24. The van der Waals surface area contributed by atoms with Crippen LogP contribution in [0.3, 0.4) is 0 Å². The molecular weight excluding hydrogens is 232 g/mol. The minimum absolute atomic E-state index is 0.104. The van der Waals surface area contributed by atoms with Crippen molar-refractivity contribution in [3.63, 3.8) is 0 Å². The molecule has 0 saturated carbocycles. The van der Waals surface area contributed by atoms with Gasteiger partial charge in [-0.25, -0.2) is 4.98 Å². The van der Waals surface area contributed by atoms with Gasteiger partial charge in [0.1, 0.15) is 11.8 Å². The molecule has 0 radical (unpaired) electrons. The summed E-state index contributed by atoms with van der Waals surface area (Å²) in [5.74, 6) is 0.263. The van der Waals surface area contributed by atoms with Crippen molar-refractivity contribution in [3.8, 4) is 0 Å². The second-order valence-corrected chi connectivity index (χ2v) is 5.13. The van der Waals surface area contributed by atoms with Crippen LogP contribution < -0.4 is 0 Å². The molecule has 2 atom stereocenters. The molecule has 0 aliphatic carbocycles. The van der Waals surface area contributed by atoms with Crippen molar-refractivity contribution in [1.82, 2.24) is 9.88 Å². The monoisotopic (exact) mass is 254 g/mol. The fraction of sp³-hybridized carbons (Fsp3) is 0.692. The van der Waals surface area contributed by atoms with E-state index >= 15 is 0 Å². The van der Waals surface area contributed by atoms with E-state index in [4.69, 9.17) is 4.42 Å². The molecule has 0 bridgehead atoms. The highest BCUT2D eigenvalue weighted by atomic mass is 16.4. The van der Waals surface area contributed by atoms with Crippen molar-refractivity contribution in [3.05, 3.63) is 17.8 Å². The Kier molecular flexibility index (Phi) is 4.90. The zero-order chi connectivity index (χ0) is 13.9. The number of aromatic nitrogens is 1. The number of carboxylic acid groups (broad SMARTS) is 1. The van der Waals surface area contributed by atoms with Gasteiger partial charge in [-0.15, -0.1) is 0 Å². The Hall–Kier alpha value is -1.36. The summed E-state index contributed by atoms with van der Waals surface area (Å²) >= 11 is 0. The van der Waals surface area contributed by atoms with Crippen LogP contribution in [0.4, 0.5) is 0 Å². The summed E-state index contributed by atoms with van der Waals surface area (Å²) in [4.78, 5) is 17.2. The quantitative estimate of drug-likeness (QED) is 0.844. The Morgan fingerprint density at radius 3 is 2.50 bits per heavy atom. The average Bonchev–Trinajstić information content (AvgIpc) is 2.69. The topological polar surface area (TPSA) is 66.6 Å². The average molecular weight is 254 g/mol. The van der Waals surface area contributed by atoms with E-state index in [0.29, 0.717) is 12.3 Å². The van der Waals surface area contributed by atoms with Crippen LogP contribution >= 0.6 is 0 Å². The maximum atomic E-state index is 11.3. The highest BCUT2D eigenvalue weighted by Gasteiger charge is 2.29. The van der Waals surface area contributed by atoms with Gasteiger partial charge in [0, 0.05) is 0 Å². The summed E-state index contributed by atoms with van der Waals surface area (Å²) < 4.78 is 5.34. The van der Waals surface area contributed by atoms with Gasteiger partial charge < -0.3 is 9.52 Å². The maximum absolute atomic E-state index is 11.3. The van der Waals surface area contributed by atoms with E-state index in [1.54, 1.807) is 0 Å². The van der Waals surface area contributed by atoms with Crippen LogP contribution in [0.15, 0.2) is 10.8 Å². The third-order valence-corrected chi connectivity index (χ3v) is 3.24. The third kappa shape index (κ3) is 3.32. The predicted octanol–water partition coefficient (Wildman–Crippen LogP) is 2.48. The summed E-state index contributed by atoms with van der Waals surface area (Å²) in [6.07, 6.45) is 2.01. The molecule has 0 fully saturated rings. The van der Waals surface area contributed by atoms with Gasteiger partial charge in [0.05, 0.1) is 11.7 Å². The molecule has 1 heterocycles. The van der Waals surface area contributed by atoms with Crippen LogP contribution in [0.2, 0.25) is 0 Å². The molecular formula is C13H22N2O3. The lowest BCUT2D eigenvalue weighted by atomic mass is 10.0. The number of aryl methyl sites for hydroxylation is 1. The van der Waals surface area contributed by atoms with E-state index in [2.05, 4.69) is 4.98 Å². The first-order valence-corrected chi connectivity index (χ1v) is 6.19. The number of carbonyl (C=O) groups is 1. The van der Waals surface area contributed by atoms with Crippen molar-refractivity contribution in [2.45, 2.75) is 46.2 Å². The Labute approximate surface area is 108 Å². The van der Waals surface area contributed by atoms with Gasteiger partial charge >= 0.3 is 5.97 Å². The fourth-order valence-corrected chi connectivity index (χ4v) is 2.05. The molecule has 18 heavy (non-hydrogen) atoms. The van der Waals surface area contributed by atoms with Crippen molar-refractivity contribution in [2.75, 3.05) is 7.05 Å². The lowest BCUT2D eigenvalue weighted by Crippen LogP contribution is -2.41. The van der Waals surface area contributed by atoms with Gasteiger partial charge in [0.15, 0.2) is 6.39 Å². The van der Waals surface area contributed by atoms with Crippen LogP contribution in [-0.2, 0) is 4.79 Å². The highest BCUT2D eigenvalue weighted by Crippen LogP contribution is 2.25. The van der Waals surface area contributed by atoms with Gasteiger partial charge in [0.25, 0.3) is 0 Å². The van der Waals surface area contributed by atoms with E-state index < -0.39 is 12.0 Å². The lowest BCUT2D eigenvalue weighted by molar-refractivity contribution is -0.144. The molecule has 1 N–H and O–H groups in total. The van der Waals surface area contributed by atoms with Crippen LogP contribution in [0.5, 0.6) is 0 Å². The van der Waals surface area contributed by atoms with Gasteiger partial charge in [0.2, 0.25) is 0 Å². The Morgan fingerprint density at radius 1 is 1.50 bits per heavy atom. The lowest BCUT2D eigenvalue weighted by Gasteiger charge is -2.30. The van der Waals surface area contributed by atoms with Crippen molar-refractivity contribution >= 4 is 5.97 Å². The number of hydrogen-bond acceptors (Lipinski definition) is 4. The van der Waals surface area contributed by atoms with Gasteiger partial charge in [-0.1, -0.05) is 13.8 Å². The molecule has 0 saturated heterocycles. The van der Waals surface area contributed by atoms with E-state index in [1.165, 1.54) is 6.39 Å². The molecule has 0 aromatic carbocycles. The molecule has 1 aromatic heterocycles. The summed E-state index contributed by atoms with van der Waals surface area (Å²) in [6.45, 7) is 7.84. The van der Waals surface area contributed by atoms with E-state index in [-0.39, 0.29) is 6.04 Å². The molecule has 0 spiro atoms. The Balaban J connectivity index is 2.86. The van der Waals surface area contributed by atoms with Gasteiger partial charge in [-0.3, -0.25) is 9.69 Å². The molecule has 102 valence electrons. The Morgan fingerprint density at radius 2 is 2.11 bits per heavy atom. The summed E-state index contributed by atoms with van der Waals surface area (Å²) in [6, 6.07) is -0.614. The van der Waals surface area contributed by atoms with E-state index in [1.807, 2.05) is 39.6 Å². The van der Waals surface area contributed by atoms with E-state index in [9.17, 15) is 9.90 Å². The maximum Gasteiger partial charge on any atom is 0.320 e. The first-order valence-electron chi connectivity index (χ1n) is 6.19. The van der Waals surface area contributed by atoms with Crippen LogP contribution in [0.25, 0.3) is 0 Å². The minimum atomic E-state index is -0.796. The first-order chi connectivity index (χ1) is 8.34. The first kappa shape index (κ1) is 14.7. The van der Waals surface area contributed by atoms with Gasteiger partial charge in [-0.2, -0.15) is 0 Å². The number of oxazole rings is 1. The second-order valence-electron chi connectivity index (χ2n) is 5.13. The largest absolute Gasteiger partial charge is 0.480 e. The normalized spacial score (nSPS) is 15.1. The van der Waals surface area contributed by atoms with Crippen molar-refractivity contribution in [2.24, 2.45) is 5.92 Å². The van der Waals surface area contributed by atoms with Crippen molar-refractivity contribution in [1.29, 1.82) is 0 Å². The number of hydrogen-bond donors (Lipinski definition) is 1. The smallest absolute Gasteiger partial charge is 0.320 e. The second kappa shape index (κ2) is 6.00. The summed E-state index contributed by atoms with van der Waals surface area (Å²) in [7, 11) is 1.81. The minimum Gasteiger partial charge on any atom is -0.480 e. The molecule has 5 heteroatoms. The van der Waals surface area contributed by atoms with Gasteiger partial charge in [-0.05, 0) is 33.2 Å². The van der Waals surface area contributed by atoms with Crippen LogP contribution in [0.1, 0.15) is 44.7 Å². The van der Waals surface area contributed by atoms with Crippen LogP contribution in [-0.4, -0.2) is 34.0 Å². The highest BCUT2D eigenvalue weighted by molar-refractivity contribution is 5.73. The number of carboxylic acids is 1. The van der Waals surface area contributed by atoms with E-state index in [0.717, 1.165) is 11.5 Å². The number of rotatable bonds is 6. The molecule has 5 nitrogen and oxygen atoms in total. The summed E-state index contributed by atoms with van der Waals surface area (Å²) in [5, 5.41) is 9.32. The molecule has 2 unspecified atom stereocenters. The standard InChI is InChI=1S/C13H22N2O3/c1-8(2)6-11(13(16)17)15(5)10(4)12-9(3)14-7-18-12/h7-8,10-11H,6H2,1-5H3,(H,16,17). The fourth-order valence-electron chi connectivity index (χ4n) is 2.05. The molecule has 0 amide bonds. The zero-order valence-electron chi connectivity index (χ0n) is 11.7. The predicted molar refractivity (Wildman–Crippen MR) is 68.3 cm³/mol. The zero-order valence-corrected chi connectivity index (χ0v) is 11.7.